The Kier molecular flexibility index (Phi) is 3.18. The third kappa shape index (κ3) is 2.60. The molecule has 0 aliphatic heterocycles. The van der Waals surface area contributed by atoms with Gasteiger partial charge in [-0.15, -0.1) is 0 Å². The molecule has 2 rings (SSSR count). The first-order chi connectivity index (χ1) is 7.88. The van der Waals surface area contributed by atoms with Crippen LogP contribution in [0.5, 0.6) is 11.5 Å². The third-order valence-electron chi connectivity index (χ3n) is 1.99. The van der Waals surface area contributed by atoms with Crippen molar-refractivity contribution in [2.24, 2.45) is 5.16 Å². The lowest BCUT2D eigenvalue weighted by Crippen LogP contribution is -1.86. The number of hydrogen-bond acceptors (Lipinski definition) is 3. The number of benzene rings is 2. The molecule has 0 fully saturated rings. The molecule has 1 N–H and O–H groups in total. The Morgan fingerprint density at radius 3 is 2.69 bits per heavy atom. The molecule has 2 aromatic rings. The van der Waals surface area contributed by atoms with Gasteiger partial charge in [-0.3, -0.25) is 0 Å². The van der Waals surface area contributed by atoms with Crippen molar-refractivity contribution in [2.45, 2.75) is 0 Å². The predicted octanol–water partition coefficient (Wildman–Crippen LogP) is 3.09. The smallest absolute Gasteiger partial charge is 0.128 e. The van der Waals surface area contributed by atoms with Gasteiger partial charge in [-0.25, -0.2) is 0 Å². The fourth-order valence-electron chi connectivity index (χ4n) is 1.30. The highest BCUT2D eigenvalue weighted by Gasteiger charge is 1.97. The van der Waals surface area contributed by atoms with Crippen molar-refractivity contribution in [3.05, 3.63) is 60.2 Å². The van der Waals surface area contributed by atoms with E-state index in [-0.39, 0.29) is 0 Å². The normalized spacial score (nSPS) is 10.5. The van der Waals surface area contributed by atoms with Crippen LogP contribution in [0.3, 0.4) is 0 Å². The first-order valence-corrected chi connectivity index (χ1v) is 4.80. The van der Waals surface area contributed by atoms with E-state index in [2.05, 4.69) is 11.2 Å². The van der Waals surface area contributed by atoms with Crippen LogP contribution >= 0.6 is 0 Å². The van der Waals surface area contributed by atoms with Gasteiger partial charge in [-0.05, 0) is 35.9 Å². The predicted molar refractivity (Wildman–Crippen MR) is 61.2 cm³/mol. The van der Waals surface area contributed by atoms with Crippen LogP contribution in [-0.2, 0) is 0 Å². The molecule has 0 amide bonds. The molecular formula is C13H10NO2. The maximum absolute atomic E-state index is 8.42. The van der Waals surface area contributed by atoms with Gasteiger partial charge < -0.3 is 9.94 Å². The number of hydrogen-bond donors (Lipinski definition) is 1. The summed E-state index contributed by atoms with van der Waals surface area (Å²) in [7, 11) is 0. The number of oxime groups is 1. The van der Waals surface area contributed by atoms with Gasteiger partial charge in [0.2, 0.25) is 0 Å². The number of ether oxygens (including phenoxy) is 1. The molecule has 2 aromatic carbocycles. The zero-order valence-corrected chi connectivity index (χ0v) is 8.50. The quantitative estimate of drug-likeness (QED) is 0.482. The first kappa shape index (κ1) is 10.2. The summed E-state index contributed by atoms with van der Waals surface area (Å²) in [6.07, 6.45) is 1.35. The molecular weight excluding hydrogens is 202 g/mol. The molecule has 3 heteroatoms. The highest BCUT2D eigenvalue weighted by Crippen LogP contribution is 2.20. The number of nitrogens with zero attached hydrogens (tertiary/aromatic N) is 1. The highest BCUT2D eigenvalue weighted by atomic mass is 16.5. The summed E-state index contributed by atoms with van der Waals surface area (Å²) in [4.78, 5) is 0. The van der Waals surface area contributed by atoms with Gasteiger partial charge in [-0.2, -0.15) is 0 Å². The van der Waals surface area contributed by atoms with E-state index in [0.29, 0.717) is 5.75 Å². The van der Waals surface area contributed by atoms with Crippen molar-refractivity contribution >= 4 is 6.21 Å². The molecule has 16 heavy (non-hydrogen) atoms. The lowest BCUT2D eigenvalue weighted by Gasteiger charge is -2.05. The van der Waals surface area contributed by atoms with Gasteiger partial charge in [0, 0.05) is 0 Å². The monoisotopic (exact) mass is 212 g/mol. The van der Waals surface area contributed by atoms with Crippen LogP contribution in [0.1, 0.15) is 5.56 Å². The summed E-state index contributed by atoms with van der Waals surface area (Å²) in [5.41, 5.74) is 0.780. The third-order valence-corrected chi connectivity index (χ3v) is 1.99. The molecule has 0 aliphatic carbocycles. The van der Waals surface area contributed by atoms with Crippen LogP contribution < -0.4 is 4.74 Å². The van der Waals surface area contributed by atoms with Gasteiger partial charge in [0.1, 0.15) is 11.5 Å². The van der Waals surface area contributed by atoms with Crippen LogP contribution in [0.15, 0.2) is 53.7 Å². The van der Waals surface area contributed by atoms with Gasteiger partial charge >= 0.3 is 0 Å². The molecule has 0 aliphatic rings. The van der Waals surface area contributed by atoms with Crippen molar-refractivity contribution in [2.75, 3.05) is 0 Å². The zero-order chi connectivity index (χ0) is 11.2. The Balaban J connectivity index is 2.19. The van der Waals surface area contributed by atoms with E-state index in [1.54, 1.807) is 18.2 Å². The van der Waals surface area contributed by atoms with Crippen molar-refractivity contribution in [3.63, 3.8) is 0 Å². The fourth-order valence-corrected chi connectivity index (χ4v) is 1.30. The second-order valence-corrected chi connectivity index (χ2v) is 3.15. The summed E-state index contributed by atoms with van der Waals surface area (Å²) in [6.45, 7) is 0. The fraction of sp³-hybridized carbons (Fsp3) is 0. The number of rotatable bonds is 3. The maximum Gasteiger partial charge on any atom is 0.128 e. The topological polar surface area (TPSA) is 41.8 Å². The standard InChI is InChI=1S/C13H10NO2/c15-14-10-11-5-4-8-13(9-11)16-12-6-2-1-3-7-12/h2-10,15H/b14-10-. The highest BCUT2D eigenvalue weighted by molar-refractivity contribution is 5.79. The van der Waals surface area contributed by atoms with Crippen LogP contribution in [0.2, 0.25) is 0 Å². The SMILES string of the molecule is O/N=C\c1cccc(Oc2cc[c]cc2)c1. The van der Waals surface area contributed by atoms with E-state index in [9.17, 15) is 0 Å². The van der Waals surface area contributed by atoms with Crippen LogP contribution in [-0.4, -0.2) is 11.4 Å². The van der Waals surface area contributed by atoms with Gasteiger partial charge in [0.05, 0.1) is 6.21 Å². The van der Waals surface area contributed by atoms with Gasteiger partial charge in [0.25, 0.3) is 0 Å². The molecule has 79 valence electrons. The Bertz CT molecular complexity index is 480. The molecule has 0 heterocycles. The summed E-state index contributed by atoms with van der Waals surface area (Å²) in [5.74, 6) is 1.44. The Morgan fingerprint density at radius 2 is 1.94 bits per heavy atom. The lowest BCUT2D eigenvalue weighted by molar-refractivity contribution is 0.322. The second-order valence-electron chi connectivity index (χ2n) is 3.15. The van der Waals surface area contributed by atoms with Gasteiger partial charge in [0.15, 0.2) is 0 Å². The second kappa shape index (κ2) is 4.98. The van der Waals surface area contributed by atoms with Crippen molar-refractivity contribution in [1.29, 1.82) is 0 Å². The summed E-state index contributed by atoms with van der Waals surface area (Å²) in [5, 5.41) is 11.4. The zero-order valence-electron chi connectivity index (χ0n) is 8.50. The average molecular weight is 212 g/mol. The average Bonchev–Trinajstić information content (AvgIpc) is 2.31. The Hall–Kier alpha value is -2.29. The van der Waals surface area contributed by atoms with Crippen LogP contribution in [0, 0.1) is 6.07 Å². The molecule has 0 saturated heterocycles. The van der Waals surface area contributed by atoms with Crippen LogP contribution in [0.25, 0.3) is 0 Å². The maximum atomic E-state index is 8.42. The van der Waals surface area contributed by atoms with Crippen molar-refractivity contribution in [1.82, 2.24) is 0 Å². The summed E-state index contributed by atoms with van der Waals surface area (Å²) >= 11 is 0. The molecule has 0 bridgehead atoms. The first-order valence-electron chi connectivity index (χ1n) is 4.80. The summed E-state index contributed by atoms with van der Waals surface area (Å²) < 4.78 is 5.60. The van der Waals surface area contributed by atoms with Crippen molar-refractivity contribution < 1.29 is 9.94 Å². The van der Waals surface area contributed by atoms with E-state index < -0.39 is 0 Å². The van der Waals surface area contributed by atoms with E-state index in [0.717, 1.165) is 11.3 Å². The van der Waals surface area contributed by atoms with Crippen molar-refractivity contribution in [3.8, 4) is 11.5 Å². The lowest BCUT2D eigenvalue weighted by atomic mass is 10.2. The Labute approximate surface area is 93.6 Å². The van der Waals surface area contributed by atoms with E-state index in [1.165, 1.54) is 6.21 Å². The minimum absolute atomic E-state index is 0.698. The molecule has 0 spiro atoms. The molecule has 3 nitrogen and oxygen atoms in total. The van der Waals surface area contributed by atoms with Gasteiger partial charge in [-0.1, -0.05) is 29.4 Å². The van der Waals surface area contributed by atoms with E-state index >= 15 is 0 Å². The molecule has 0 aromatic heterocycles. The minimum Gasteiger partial charge on any atom is -0.457 e. The summed E-state index contributed by atoms with van der Waals surface area (Å²) in [6, 6.07) is 17.4. The Morgan fingerprint density at radius 1 is 1.12 bits per heavy atom. The molecule has 0 unspecified atom stereocenters. The molecule has 0 atom stereocenters. The van der Waals surface area contributed by atoms with E-state index in [4.69, 9.17) is 9.94 Å². The molecule has 1 radical (unpaired) electrons. The minimum atomic E-state index is 0.698. The molecule has 0 saturated carbocycles. The largest absolute Gasteiger partial charge is 0.457 e. The van der Waals surface area contributed by atoms with Crippen LogP contribution in [0.4, 0.5) is 0 Å². The van der Waals surface area contributed by atoms with E-state index in [1.807, 2.05) is 30.3 Å².